The van der Waals surface area contributed by atoms with Gasteiger partial charge in [-0.3, -0.25) is 0 Å². The summed E-state index contributed by atoms with van der Waals surface area (Å²) < 4.78 is 10.3. The Morgan fingerprint density at radius 3 is 1.35 bits per heavy atom. The molecule has 0 saturated heterocycles. The smallest absolute Gasteiger partial charge is 0.343 e. The van der Waals surface area contributed by atoms with E-state index in [1.807, 2.05) is 0 Å². The molecule has 2 N–H and O–H groups in total. The molecule has 0 spiro atoms. The topological polar surface area (TPSA) is 93.1 Å². The lowest BCUT2D eigenvalue weighted by atomic mass is 9.95. The molecule has 6 heteroatoms. The first-order chi connectivity index (χ1) is 12.5. The maximum absolute atomic E-state index is 12.2. The average molecular weight is 352 g/mol. The van der Waals surface area contributed by atoms with Crippen LogP contribution in [0.5, 0.6) is 11.5 Å². The zero-order chi connectivity index (χ0) is 18.5. The Morgan fingerprint density at radius 2 is 1.00 bits per heavy atom. The van der Waals surface area contributed by atoms with E-state index in [0.29, 0.717) is 11.5 Å². The van der Waals surface area contributed by atoms with E-state index in [9.17, 15) is 19.8 Å². The van der Waals surface area contributed by atoms with Crippen molar-refractivity contribution in [3.05, 3.63) is 83.3 Å². The molecule has 0 aliphatic heterocycles. The highest BCUT2D eigenvalue weighted by Crippen LogP contribution is 2.30. The van der Waals surface area contributed by atoms with Gasteiger partial charge in [0.25, 0.3) is 0 Å². The van der Waals surface area contributed by atoms with Crippen molar-refractivity contribution in [3.8, 4) is 11.5 Å². The summed E-state index contributed by atoms with van der Waals surface area (Å²) in [6.45, 7) is 0. The SMILES string of the molecule is O=C(Oc1ccccc1)C1=C(O)CC(C(=O)Oc2ccccc2)=C(O)C1. The summed E-state index contributed by atoms with van der Waals surface area (Å²) in [6, 6.07) is 16.7. The molecule has 0 saturated carbocycles. The van der Waals surface area contributed by atoms with Crippen LogP contribution in [0.3, 0.4) is 0 Å². The minimum absolute atomic E-state index is 0.0948. The largest absolute Gasteiger partial charge is 0.511 e. The van der Waals surface area contributed by atoms with E-state index in [-0.39, 0.29) is 35.5 Å². The Kier molecular flexibility index (Phi) is 5.03. The first-order valence-corrected chi connectivity index (χ1v) is 7.91. The van der Waals surface area contributed by atoms with Crippen LogP contribution in [0.25, 0.3) is 0 Å². The zero-order valence-electron chi connectivity index (χ0n) is 13.7. The van der Waals surface area contributed by atoms with Crippen LogP contribution >= 0.6 is 0 Å². The summed E-state index contributed by atoms with van der Waals surface area (Å²) in [5.74, 6) is -1.59. The molecule has 3 rings (SSSR count). The van der Waals surface area contributed by atoms with Crippen molar-refractivity contribution in [2.45, 2.75) is 12.8 Å². The van der Waals surface area contributed by atoms with Crippen LogP contribution in [-0.2, 0) is 9.59 Å². The lowest BCUT2D eigenvalue weighted by Gasteiger charge is -2.18. The van der Waals surface area contributed by atoms with Gasteiger partial charge in [0, 0.05) is 12.8 Å². The molecule has 2 aromatic rings. The van der Waals surface area contributed by atoms with Crippen LogP contribution in [0.2, 0.25) is 0 Å². The van der Waals surface area contributed by atoms with Crippen molar-refractivity contribution in [1.82, 2.24) is 0 Å². The molecule has 132 valence electrons. The average Bonchev–Trinajstić information content (AvgIpc) is 2.64. The fourth-order valence-corrected chi connectivity index (χ4v) is 2.45. The van der Waals surface area contributed by atoms with Gasteiger partial charge in [0.05, 0.1) is 11.1 Å². The van der Waals surface area contributed by atoms with Gasteiger partial charge in [-0.15, -0.1) is 0 Å². The molecule has 0 atom stereocenters. The van der Waals surface area contributed by atoms with Crippen LogP contribution in [0.1, 0.15) is 12.8 Å². The van der Waals surface area contributed by atoms with Gasteiger partial charge >= 0.3 is 11.9 Å². The number of allylic oxidation sites excluding steroid dienone is 2. The van der Waals surface area contributed by atoms with Crippen molar-refractivity contribution in [2.75, 3.05) is 0 Å². The molecule has 0 heterocycles. The Morgan fingerprint density at radius 1 is 0.654 bits per heavy atom. The number of hydrogen-bond acceptors (Lipinski definition) is 6. The summed E-state index contributed by atoms with van der Waals surface area (Å²) in [5, 5.41) is 20.3. The molecule has 1 aliphatic carbocycles. The predicted molar refractivity (Wildman–Crippen MR) is 92.7 cm³/mol. The quantitative estimate of drug-likeness (QED) is 0.645. The molecule has 26 heavy (non-hydrogen) atoms. The number of aliphatic hydroxyl groups excluding tert-OH is 2. The summed E-state index contributed by atoms with van der Waals surface area (Å²) in [4.78, 5) is 24.4. The van der Waals surface area contributed by atoms with Crippen LogP contribution in [0.4, 0.5) is 0 Å². The van der Waals surface area contributed by atoms with Crippen molar-refractivity contribution in [1.29, 1.82) is 0 Å². The molecule has 0 aromatic heterocycles. The Bertz CT molecular complexity index is 806. The van der Waals surface area contributed by atoms with E-state index in [1.54, 1.807) is 60.7 Å². The molecule has 0 bridgehead atoms. The van der Waals surface area contributed by atoms with Crippen LogP contribution in [0.15, 0.2) is 83.3 Å². The number of aliphatic hydroxyl groups is 2. The molecule has 0 unspecified atom stereocenters. The van der Waals surface area contributed by atoms with Crippen LogP contribution in [-0.4, -0.2) is 22.2 Å². The number of rotatable bonds is 4. The van der Waals surface area contributed by atoms with Crippen molar-refractivity contribution < 1.29 is 29.3 Å². The summed E-state index contributed by atoms with van der Waals surface area (Å²) in [5.41, 5.74) is -0.190. The number of ether oxygens (including phenoxy) is 2. The number of hydrogen-bond donors (Lipinski definition) is 2. The van der Waals surface area contributed by atoms with E-state index in [4.69, 9.17) is 9.47 Å². The summed E-state index contributed by atoms with van der Waals surface area (Å²) in [6.07, 6.45) is -0.618. The Hall–Kier alpha value is -3.54. The molecule has 0 amide bonds. The highest BCUT2D eigenvalue weighted by molar-refractivity contribution is 5.96. The fraction of sp³-hybridized carbons (Fsp3) is 0.100. The lowest BCUT2D eigenvalue weighted by molar-refractivity contribution is -0.132. The van der Waals surface area contributed by atoms with Gasteiger partial charge in [0.15, 0.2) is 0 Å². The molecule has 6 nitrogen and oxygen atoms in total. The van der Waals surface area contributed by atoms with Gasteiger partial charge in [-0.1, -0.05) is 36.4 Å². The van der Waals surface area contributed by atoms with Gasteiger partial charge in [0.1, 0.15) is 23.0 Å². The molecule has 0 fully saturated rings. The van der Waals surface area contributed by atoms with Gasteiger partial charge in [-0.25, -0.2) is 9.59 Å². The van der Waals surface area contributed by atoms with E-state index >= 15 is 0 Å². The normalized spacial score (nSPS) is 14.2. The number of carbonyl (C=O) groups excluding carboxylic acids is 2. The number of para-hydroxylation sites is 2. The standard InChI is InChI=1S/C20H16O6/c21-17-12-16(20(24)26-14-9-5-2-6-10-14)18(22)11-15(17)19(23)25-13-7-3-1-4-8-13/h1-10,21-22H,11-12H2. The zero-order valence-corrected chi connectivity index (χ0v) is 13.7. The second-order valence-electron chi connectivity index (χ2n) is 5.61. The summed E-state index contributed by atoms with van der Waals surface area (Å²) >= 11 is 0. The van der Waals surface area contributed by atoms with Crippen LogP contribution in [0, 0.1) is 0 Å². The maximum Gasteiger partial charge on any atom is 0.343 e. The summed E-state index contributed by atoms with van der Waals surface area (Å²) in [7, 11) is 0. The Labute approximate surface area is 149 Å². The van der Waals surface area contributed by atoms with Gasteiger partial charge in [-0.05, 0) is 24.3 Å². The molecular formula is C20H16O6. The monoisotopic (exact) mass is 352 g/mol. The first-order valence-electron chi connectivity index (χ1n) is 7.91. The third-order valence-electron chi connectivity index (χ3n) is 3.79. The molecular weight excluding hydrogens is 336 g/mol. The highest BCUT2D eigenvalue weighted by atomic mass is 16.5. The van der Waals surface area contributed by atoms with Gasteiger partial charge in [0.2, 0.25) is 0 Å². The predicted octanol–water partition coefficient (Wildman–Crippen LogP) is 3.62. The fourth-order valence-electron chi connectivity index (χ4n) is 2.45. The van der Waals surface area contributed by atoms with E-state index < -0.39 is 11.9 Å². The van der Waals surface area contributed by atoms with E-state index in [0.717, 1.165) is 0 Å². The lowest BCUT2D eigenvalue weighted by Crippen LogP contribution is -2.22. The minimum atomic E-state index is -0.782. The van der Waals surface area contributed by atoms with Crippen molar-refractivity contribution in [2.24, 2.45) is 0 Å². The third-order valence-corrected chi connectivity index (χ3v) is 3.79. The third kappa shape index (κ3) is 3.92. The van der Waals surface area contributed by atoms with Gasteiger partial charge in [-0.2, -0.15) is 0 Å². The number of esters is 2. The van der Waals surface area contributed by atoms with Gasteiger partial charge < -0.3 is 19.7 Å². The van der Waals surface area contributed by atoms with Crippen molar-refractivity contribution >= 4 is 11.9 Å². The maximum atomic E-state index is 12.2. The number of carbonyl (C=O) groups is 2. The minimum Gasteiger partial charge on any atom is -0.511 e. The Balaban J connectivity index is 1.71. The van der Waals surface area contributed by atoms with Crippen LogP contribution < -0.4 is 9.47 Å². The first kappa shape index (κ1) is 17.3. The second kappa shape index (κ2) is 7.57. The molecule has 2 aromatic carbocycles. The highest BCUT2D eigenvalue weighted by Gasteiger charge is 2.30. The van der Waals surface area contributed by atoms with Crippen molar-refractivity contribution in [3.63, 3.8) is 0 Å². The van der Waals surface area contributed by atoms with E-state index in [1.165, 1.54) is 0 Å². The molecule has 1 aliphatic rings. The second-order valence-corrected chi connectivity index (χ2v) is 5.61. The number of benzene rings is 2. The molecule has 0 radical (unpaired) electrons. The van der Waals surface area contributed by atoms with E-state index in [2.05, 4.69) is 0 Å².